The number of likely N-dealkylation sites (tertiary alicyclic amines) is 1. The number of hydrogen-bond donors (Lipinski definition) is 1. The molecule has 3 aliphatic rings. The average molecular weight is 604 g/mol. The number of carbonyl (C=O) groups excluding carboxylic acids is 1. The van der Waals surface area contributed by atoms with E-state index in [0.29, 0.717) is 23.2 Å². The van der Waals surface area contributed by atoms with E-state index >= 15 is 0 Å². The Morgan fingerprint density at radius 2 is 1.67 bits per heavy atom. The second-order valence-electron chi connectivity index (χ2n) is 12.7. The molecule has 9 nitrogen and oxygen atoms in total. The van der Waals surface area contributed by atoms with Gasteiger partial charge < -0.3 is 9.64 Å². The number of nitrogens with zero attached hydrogens (tertiary/aromatic N) is 4. The van der Waals surface area contributed by atoms with Crippen LogP contribution in [0.2, 0.25) is 0 Å². The number of carbonyl (C=O) groups is 1. The lowest BCUT2D eigenvalue weighted by atomic mass is 9.95. The summed E-state index contributed by atoms with van der Waals surface area (Å²) in [5.41, 5.74) is 3.84. The fraction of sp³-hybridized carbons (Fsp3) is 0.485. The number of amides is 1. The molecule has 0 spiro atoms. The first-order valence-electron chi connectivity index (χ1n) is 15.4. The first kappa shape index (κ1) is 29.6. The van der Waals surface area contributed by atoms with Crippen LogP contribution in [0.15, 0.2) is 53.4 Å². The van der Waals surface area contributed by atoms with E-state index in [9.17, 15) is 13.2 Å². The van der Waals surface area contributed by atoms with Crippen LogP contribution in [0.3, 0.4) is 0 Å². The molecule has 1 N–H and O–H groups in total. The molecule has 2 aromatic carbocycles. The molecule has 1 atom stereocenters. The van der Waals surface area contributed by atoms with Gasteiger partial charge >= 0.3 is 0 Å². The number of aromatic nitrogens is 2. The summed E-state index contributed by atoms with van der Waals surface area (Å²) in [7, 11) is -4.09. The van der Waals surface area contributed by atoms with E-state index in [1.54, 1.807) is 18.2 Å². The van der Waals surface area contributed by atoms with Crippen LogP contribution < -0.4 is 9.46 Å². The Morgan fingerprint density at radius 3 is 2.37 bits per heavy atom. The third-order valence-electron chi connectivity index (χ3n) is 8.98. The van der Waals surface area contributed by atoms with Crippen LogP contribution in [0.25, 0.3) is 11.3 Å². The first-order valence-corrected chi connectivity index (χ1v) is 16.9. The standard InChI is InChI=1S/C33H41N5O4S/c1-21(2)15-26-20-42-30-17-29(31-22(3)9-7-10-23(31)4)34-33(35-30)36-43(40,41)28-14-8-11-24(16-28)32(39)38(26)27-18-37(19-27)25-12-5-6-13-25/h7-11,14,16-17,21,25-27H,5-6,12-13,15,18-20H2,1-4H3,(H,34,35,36)/t26-/m1/s1. The van der Waals surface area contributed by atoms with Crippen molar-refractivity contribution in [2.24, 2.45) is 5.92 Å². The van der Waals surface area contributed by atoms with E-state index in [0.717, 1.165) is 36.2 Å². The van der Waals surface area contributed by atoms with Crippen LogP contribution in [0.1, 0.15) is 67.4 Å². The van der Waals surface area contributed by atoms with Crippen molar-refractivity contribution in [3.05, 3.63) is 65.2 Å². The van der Waals surface area contributed by atoms with E-state index in [1.807, 2.05) is 36.9 Å². The molecule has 1 saturated carbocycles. The third kappa shape index (κ3) is 6.13. The molecule has 1 saturated heterocycles. The summed E-state index contributed by atoms with van der Waals surface area (Å²) >= 11 is 0. The summed E-state index contributed by atoms with van der Waals surface area (Å²) in [6.45, 7) is 10.2. The summed E-state index contributed by atoms with van der Waals surface area (Å²) in [4.78, 5) is 27.8. The van der Waals surface area contributed by atoms with Crippen molar-refractivity contribution in [3.8, 4) is 17.1 Å². The van der Waals surface area contributed by atoms with Gasteiger partial charge in [0.1, 0.15) is 6.61 Å². The van der Waals surface area contributed by atoms with Gasteiger partial charge in [0.25, 0.3) is 15.9 Å². The lowest BCUT2D eigenvalue weighted by Gasteiger charge is -2.50. The van der Waals surface area contributed by atoms with Gasteiger partial charge in [-0.1, -0.05) is 51.0 Å². The fourth-order valence-corrected chi connectivity index (χ4v) is 7.85. The minimum atomic E-state index is -4.09. The van der Waals surface area contributed by atoms with Gasteiger partial charge in [-0.15, -0.1) is 0 Å². The fourth-order valence-electron chi connectivity index (χ4n) is 6.86. The predicted octanol–water partition coefficient (Wildman–Crippen LogP) is 5.44. The highest BCUT2D eigenvalue weighted by Crippen LogP contribution is 2.33. The van der Waals surface area contributed by atoms with Gasteiger partial charge in [0.2, 0.25) is 11.8 Å². The summed E-state index contributed by atoms with van der Waals surface area (Å²) in [5.74, 6) is 0.328. The quantitative estimate of drug-likeness (QED) is 0.414. The van der Waals surface area contributed by atoms with Crippen molar-refractivity contribution >= 4 is 21.9 Å². The number of rotatable bonds is 5. The second-order valence-corrected chi connectivity index (χ2v) is 14.4. The molecule has 10 heteroatoms. The molecule has 0 unspecified atom stereocenters. The van der Waals surface area contributed by atoms with E-state index in [-0.39, 0.29) is 41.3 Å². The van der Waals surface area contributed by atoms with Gasteiger partial charge in [-0.05, 0) is 68.4 Å². The van der Waals surface area contributed by atoms with E-state index in [4.69, 9.17) is 4.74 Å². The molecule has 3 aromatic rings. The molecule has 4 bridgehead atoms. The number of nitrogens with one attached hydrogen (secondary N) is 1. The molecule has 2 fully saturated rings. The number of sulfonamides is 1. The average Bonchev–Trinajstić information content (AvgIpc) is 3.46. The van der Waals surface area contributed by atoms with Crippen LogP contribution in [0.5, 0.6) is 5.88 Å². The minimum Gasteiger partial charge on any atom is -0.475 e. The van der Waals surface area contributed by atoms with Crippen LogP contribution in [-0.4, -0.2) is 71.9 Å². The Labute approximate surface area is 254 Å². The SMILES string of the molecule is Cc1cccc(C)c1-c1cc2nc(n1)NS(=O)(=O)c1cccc(c1)C(=O)N(C1CN(C3CCCC3)C1)[C@H](CC(C)C)CO2. The van der Waals surface area contributed by atoms with Crippen LogP contribution in [0, 0.1) is 19.8 Å². The highest BCUT2D eigenvalue weighted by atomic mass is 32.2. The van der Waals surface area contributed by atoms with E-state index in [1.165, 1.54) is 37.8 Å². The molecule has 6 rings (SSSR count). The summed E-state index contributed by atoms with van der Waals surface area (Å²) in [6.07, 6.45) is 5.69. The van der Waals surface area contributed by atoms with Crippen molar-refractivity contribution in [3.63, 3.8) is 0 Å². The molecular formula is C33H41N5O4S. The topological polar surface area (TPSA) is 105 Å². The normalized spacial score (nSPS) is 21.4. The third-order valence-corrected chi connectivity index (χ3v) is 10.3. The molecule has 1 amide bonds. The number of fused-ring (bicyclic) bond motifs is 4. The lowest BCUT2D eigenvalue weighted by Crippen LogP contribution is -2.65. The van der Waals surface area contributed by atoms with Crippen LogP contribution in [-0.2, 0) is 10.0 Å². The molecule has 0 radical (unpaired) electrons. The highest BCUT2D eigenvalue weighted by Gasteiger charge is 2.42. The Hall–Kier alpha value is -3.50. The maximum atomic E-state index is 14.3. The number of hydrogen-bond acceptors (Lipinski definition) is 7. The Kier molecular flexibility index (Phi) is 8.17. The molecule has 3 heterocycles. The lowest BCUT2D eigenvalue weighted by molar-refractivity contribution is -0.0180. The Balaban J connectivity index is 1.43. The molecule has 1 aliphatic carbocycles. The molecule has 2 aliphatic heterocycles. The first-order chi connectivity index (χ1) is 20.6. The predicted molar refractivity (Wildman–Crippen MR) is 167 cm³/mol. The van der Waals surface area contributed by atoms with Gasteiger partial charge in [0.15, 0.2) is 0 Å². The van der Waals surface area contributed by atoms with Gasteiger partial charge in [-0.3, -0.25) is 9.69 Å². The van der Waals surface area contributed by atoms with Gasteiger partial charge in [-0.2, -0.15) is 4.98 Å². The molecule has 43 heavy (non-hydrogen) atoms. The second kappa shape index (κ2) is 11.9. The molecule has 228 valence electrons. The number of ether oxygens (including phenoxy) is 1. The molecular weight excluding hydrogens is 562 g/mol. The van der Waals surface area contributed by atoms with E-state index < -0.39 is 10.0 Å². The Morgan fingerprint density at radius 1 is 0.977 bits per heavy atom. The zero-order valence-electron chi connectivity index (χ0n) is 25.4. The van der Waals surface area contributed by atoms with E-state index in [2.05, 4.69) is 33.4 Å². The Bertz CT molecular complexity index is 1590. The highest BCUT2D eigenvalue weighted by molar-refractivity contribution is 7.92. The zero-order chi connectivity index (χ0) is 30.3. The van der Waals surface area contributed by atoms with Crippen molar-refractivity contribution in [2.75, 3.05) is 24.4 Å². The van der Waals surface area contributed by atoms with Gasteiger partial charge in [0.05, 0.1) is 22.7 Å². The summed E-state index contributed by atoms with van der Waals surface area (Å²) in [5, 5.41) is 0. The van der Waals surface area contributed by atoms with Gasteiger partial charge in [-0.25, -0.2) is 18.1 Å². The maximum absolute atomic E-state index is 14.3. The van der Waals surface area contributed by atoms with Crippen LogP contribution in [0.4, 0.5) is 5.95 Å². The summed E-state index contributed by atoms with van der Waals surface area (Å²) in [6, 6.07) is 14.4. The van der Waals surface area contributed by atoms with Gasteiger partial charge in [0, 0.05) is 36.3 Å². The summed E-state index contributed by atoms with van der Waals surface area (Å²) < 4.78 is 36.1. The number of aryl methyl sites for hydroxylation is 2. The zero-order valence-corrected chi connectivity index (χ0v) is 26.2. The number of anilines is 1. The van der Waals surface area contributed by atoms with Crippen molar-refractivity contribution in [2.45, 2.75) is 82.8 Å². The maximum Gasteiger partial charge on any atom is 0.264 e. The smallest absolute Gasteiger partial charge is 0.264 e. The van der Waals surface area contributed by atoms with Crippen LogP contribution >= 0.6 is 0 Å². The largest absolute Gasteiger partial charge is 0.475 e. The van der Waals surface area contributed by atoms with Crippen molar-refractivity contribution < 1.29 is 17.9 Å². The van der Waals surface area contributed by atoms with Crippen molar-refractivity contribution in [1.82, 2.24) is 19.8 Å². The molecule has 1 aromatic heterocycles. The number of benzene rings is 2. The monoisotopic (exact) mass is 603 g/mol. The van der Waals surface area contributed by atoms with Crippen molar-refractivity contribution in [1.29, 1.82) is 0 Å². The minimum absolute atomic E-state index is 0.0114.